The molecule has 0 spiro atoms. The van der Waals surface area contributed by atoms with Crippen LogP contribution in [-0.2, 0) is 6.42 Å². The fourth-order valence-electron chi connectivity index (χ4n) is 3.49. The lowest BCUT2D eigenvalue weighted by molar-refractivity contribution is 0.760. The summed E-state index contributed by atoms with van der Waals surface area (Å²) in [6.45, 7) is 4.49. The molecule has 2 aromatic carbocycles. The molecule has 108 valence electrons. The third-order valence-electron chi connectivity index (χ3n) is 4.54. The van der Waals surface area contributed by atoms with Crippen LogP contribution in [0, 0.1) is 6.92 Å². The van der Waals surface area contributed by atoms with E-state index in [1.54, 1.807) is 0 Å². The van der Waals surface area contributed by atoms with Crippen molar-refractivity contribution in [2.45, 2.75) is 26.2 Å². The Morgan fingerprint density at radius 3 is 2.64 bits per heavy atom. The summed E-state index contributed by atoms with van der Waals surface area (Å²) >= 11 is 0. The Balaban J connectivity index is 2.00. The monoisotopic (exact) mass is 285 g/mol. The topological polar surface area (TPSA) is 12.9 Å². The molecule has 4 bridgehead atoms. The summed E-state index contributed by atoms with van der Waals surface area (Å²) < 4.78 is 0. The Morgan fingerprint density at radius 2 is 1.82 bits per heavy atom. The molecule has 1 aliphatic carbocycles. The molecule has 1 unspecified atom stereocenters. The smallest absolute Gasteiger partial charge is 0.0705 e. The Kier molecular flexibility index (Phi) is 3.07. The molecule has 0 radical (unpaired) electrons. The molecular formula is C21H19N. The summed E-state index contributed by atoms with van der Waals surface area (Å²) in [6, 6.07) is 19.9. The highest BCUT2D eigenvalue weighted by Gasteiger charge is 2.15. The van der Waals surface area contributed by atoms with Crippen LogP contribution in [-0.4, -0.2) is 4.98 Å². The van der Waals surface area contributed by atoms with E-state index in [0.717, 1.165) is 12.1 Å². The van der Waals surface area contributed by atoms with Crippen molar-refractivity contribution in [3.8, 4) is 22.4 Å². The van der Waals surface area contributed by atoms with Gasteiger partial charge in [0.15, 0.2) is 0 Å². The Bertz CT molecular complexity index is 831. The molecule has 1 atom stereocenters. The van der Waals surface area contributed by atoms with Gasteiger partial charge in [-0.15, -0.1) is 0 Å². The maximum Gasteiger partial charge on any atom is 0.0705 e. The zero-order valence-electron chi connectivity index (χ0n) is 13.0. The minimum Gasteiger partial charge on any atom is -0.256 e. The van der Waals surface area contributed by atoms with Gasteiger partial charge in [0.05, 0.1) is 5.69 Å². The van der Waals surface area contributed by atoms with Gasteiger partial charge in [0, 0.05) is 17.3 Å². The van der Waals surface area contributed by atoms with Gasteiger partial charge in [0.25, 0.3) is 0 Å². The lowest BCUT2D eigenvalue weighted by atomic mass is 9.88. The molecule has 1 aromatic heterocycles. The second-order valence-corrected chi connectivity index (χ2v) is 6.33. The highest BCUT2D eigenvalue weighted by Crippen LogP contribution is 2.33. The van der Waals surface area contributed by atoms with Crippen molar-refractivity contribution in [2.75, 3.05) is 0 Å². The molecule has 1 nitrogen and oxygen atoms in total. The van der Waals surface area contributed by atoms with Gasteiger partial charge in [-0.05, 0) is 42.0 Å². The van der Waals surface area contributed by atoms with Crippen molar-refractivity contribution in [3.63, 3.8) is 0 Å². The average molecular weight is 285 g/mol. The van der Waals surface area contributed by atoms with Gasteiger partial charge >= 0.3 is 0 Å². The number of nitrogens with zero attached hydrogens (tertiary/aromatic N) is 1. The SMILES string of the molecule is Cc1cc2cc(c1)-c1ccc(nc1)-c1ccccc1C(C)C2. The van der Waals surface area contributed by atoms with Gasteiger partial charge < -0.3 is 0 Å². The first kappa shape index (κ1) is 13.3. The number of aryl methyl sites for hydroxylation is 1. The van der Waals surface area contributed by atoms with Crippen LogP contribution in [0.15, 0.2) is 60.8 Å². The van der Waals surface area contributed by atoms with Crippen LogP contribution in [0.2, 0.25) is 0 Å². The molecule has 0 saturated heterocycles. The van der Waals surface area contributed by atoms with Crippen LogP contribution < -0.4 is 0 Å². The third-order valence-corrected chi connectivity index (χ3v) is 4.54. The Morgan fingerprint density at radius 1 is 0.955 bits per heavy atom. The number of benzene rings is 2. The number of aromatic nitrogens is 1. The van der Waals surface area contributed by atoms with E-state index in [1.807, 2.05) is 6.20 Å². The molecule has 1 aliphatic heterocycles. The van der Waals surface area contributed by atoms with Gasteiger partial charge in [-0.1, -0.05) is 61.0 Å². The van der Waals surface area contributed by atoms with Crippen molar-refractivity contribution >= 4 is 0 Å². The van der Waals surface area contributed by atoms with Gasteiger partial charge in [-0.2, -0.15) is 0 Å². The molecule has 2 heterocycles. The second kappa shape index (κ2) is 5.10. The summed E-state index contributed by atoms with van der Waals surface area (Å²) in [5, 5.41) is 0. The zero-order chi connectivity index (χ0) is 15.1. The van der Waals surface area contributed by atoms with E-state index in [0.29, 0.717) is 5.92 Å². The first-order chi connectivity index (χ1) is 10.7. The van der Waals surface area contributed by atoms with Crippen LogP contribution in [0.4, 0.5) is 0 Å². The molecule has 5 rings (SSSR count). The lowest BCUT2D eigenvalue weighted by Gasteiger charge is -2.16. The normalized spacial score (nSPS) is 16.0. The van der Waals surface area contributed by atoms with Crippen molar-refractivity contribution in [1.29, 1.82) is 0 Å². The first-order valence-corrected chi connectivity index (χ1v) is 7.87. The molecule has 0 saturated carbocycles. The Hall–Kier alpha value is -2.41. The van der Waals surface area contributed by atoms with E-state index in [4.69, 9.17) is 4.98 Å². The molecular weight excluding hydrogens is 266 g/mol. The third kappa shape index (κ3) is 2.23. The fraction of sp³-hybridized carbons (Fsp3) is 0.190. The van der Waals surface area contributed by atoms with E-state index in [1.165, 1.54) is 33.4 Å². The van der Waals surface area contributed by atoms with Crippen molar-refractivity contribution in [1.82, 2.24) is 4.98 Å². The highest BCUT2D eigenvalue weighted by molar-refractivity contribution is 5.70. The molecule has 2 aliphatic rings. The van der Waals surface area contributed by atoms with Gasteiger partial charge in [0.1, 0.15) is 0 Å². The summed E-state index contributed by atoms with van der Waals surface area (Å²) in [7, 11) is 0. The lowest BCUT2D eigenvalue weighted by Crippen LogP contribution is -2.01. The average Bonchev–Trinajstić information content (AvgIpc) is 2.56. The summed E-state index contributed by atoms with van der Waals surface area (Å²) in [5.41, 5.74) is 8.89. The summed E-state index contributed by atoms with van der Waals surface area (Å²) in [4.78, 5) is 4.72. The van der Waals surface area contributed by atoms with Crippen LogP contribution in [0.25, 0.3) is 22.4 Å². The van der Waals surface area contributed by atoms with E-state index in [2.05, 4.69) is 68.4 Å². The highest BCUT2D eigenvalue weighted by atomic mass is 14.7. The quantitative estimate of drug-likeness (QED) is 0.540. The first-order valence-electron chi connectivity index (χ1n) is 7.87. The standard InChI is InChI=1S/C21H19N/c1-14-9-16-11-15(2)19-5-3-4-6-20(19)21-8-7-17(13-22-21)18(10-14)12-16/h3-10,12-13,15H,11H2,1-2H3. The van der Waals surface area contributed by atoms with Crippen LogP contribution in [0.5, 0.6) is 0 Å². The van der Waals surface area contributed by atoms with E-state index in [-0.39, 0.29) is 0 Å². The predicted octanol–water partition coefficient (Wildman–Crippen LogP) is 5.38. The summed E-state index contributed by atoms with van der Waals surface area (Å²) in [6.07, 6.45) is 3.06. The maximum absolute atomic E-state index is 4.72. The van der Waals surface area contributed by atoms with Gasteiger partial charge in [-0.25, -0.2) is 0 Å². The summed E-state index contributed by atoms with van der Waals surface area (Å²) in [5.74, 6) is 0.476. The molecule has 0 N–H and O–H groups in total. The molecule has 1 heteroatoms. The van der Waals surface area contributed by atoms with Gasteiger partial charge in [0.2, 0.25) is 0 Å². The molecule has 0 amide bonds. The van der Waals surface area contributed by atoms with Crippen LogP contribution in [0.3, 0.4) is 0 Å². The maximum atomic E-state index is 4.72. The Labute approximate surface area is 131 Å². The number of hydrogen-bond donors (Lipinski definition) is 0. The fourth-order valence-corrected chi connectivity index (χ4v) is 3.49. The van der Waals surface area contributed by atoms with Gasteiger partial charge in [-0.3, -0.25) is 4.98 Å². The molecule has 22 heavy (non-hydrogen) atoms. The van der Waals surface area contributed by atoms with Crippen LogP contribution in [0.1, 0.15) is 29.5 Å². The largest absolute Gasteiger partial charge is 0.256 e. The molecule has 3 aromatic rings. The second-order valence-electron chi connectivity index (χ2n) is 6.33. The van der Waals surface area contributed by atoms with Crippen molar-refractivity contribution in [2.24, 2.45) is 0 Å². The van der Waals surface area contributed by atoms with Crippen molar-refractivity contribution < 1.29 is 0 Å². The van der Waals surface area contributed by atoms with Crippen molar-refractivity contribution in [3.05, 3.63) is 77.5 Å². The minimum atomic E-state index is 0.476. The number of rotatable bonds is 0. The van der Waals surface area contributed by atoms with E-state index < -0.39 is 0 Å². The minimum absolute atomic E-state index is 0.476. The number of hydrogen-bond acceptors (Lipinski definition) is 1. The van der Waals surface area contributed by atoms with E-state index in [9.17, 15) is 0 Å². The van der Waals surface area contributed by atoms with Crippen LogP contribution >= 0.6 is 0 Å². The number of pyridine rings is 1. The molecule has 0 fully saturated rings. The van der Waals surface area contributed by atoms with E-state index >= 15 is 0 Å². The zero-order valence-corrected chi connectivity index (χ0v) is 13.0. The predicted molar refractivity (Wildman–Crippen MR) is 92.0 cm³/mol. The number of fused-ring (bicyclic) bond motifs is 3.